The van der Waals surface area contributed by atoms with Crippen molar-refractivity contribution in [2.75, 3.05) is 5.32 Å². The summed E-state index contributed by atoms with van der Waals surface area (Å²) < 4.78 is 1.18. The zero-order valence-corrected chi connectivity index (χ0v) is 16.7. The van der Waals surface area contributed by atoms with Gasteiger partial charge < -0.3 is 5.32 Å². The zero-order valence-electron chi connectivity index (χ0n) is 13.7. The molecule has 1 heterocycles. The quantitative estimate of drug-likeness (QED) is 0.665. The lowest BCUT2D eigenvalue weighted by molar-refractivity contribution is -0.136. The van der Waals surface area contributed by atoms with Crippen LogP contribution in [0.15, 0.2) is 29.6 Å². The number of aromatic nitrogens is 1. The topological polar surface area (TPSA) is 59.1 Å². The molecule has 2 aliphatic rings. The van der Waals surface area contributed by atoms with Crippen LogP contribution in [0.25, 0.3) is 11.3 Å². The van der Waals surface area contributed by atoms with Crippen molar-refractivity contribution in [2.45, 2.75) is 32.1 Å². The van der Waals surface area contributed by atoms with Crippen LogP contribution < -0.4 is 5.32 Å². The van der Waals surface area contributed by atoms with Gasteiger partial charge >= 0.3 is 0 Å². The molecule has 2 unspecified atom stereocenters. The van der Waals surface area contributed by atoms with Gasteiger partial charge in [0.25, 0.3) is 0 Å². The molecule has 1 aromatic heterocycles. The summed E-state index contributed by atoms with van der Waals surface area (Å²) in [4.78, 5) is 29.4. The number of fused-ring (bicyclic) bond motifs is 2. The maximum Gasteiger partial charge on any atom is 0.229 e. The maximum absolute atomic E-state index is 12.6. The average molecular weight is 466 g/mol. The zero-order chi connectivity index (χ0) is 17.4. The van der Waals surface area contributed by atoms with Gasteiger partial charge in [-0.15, -0.1) is 11.3 Å². The van der Waals surface area contributed by atoms with E-state index in [0.29, 0.717) is 23.8 Å². The Morgan fingerprint density at radius 3 is 2.52 bits per heavy atom. The Bertz CT molecular complexity index is 786. The molecule has 25 heavy (non-hydrogen) atoms. The fraction of sp³-hybridized carbons (Fsp3) is 0.421. The Kier molecular flexibility index (Phi) is 4.90. The van der Waals surface area contributed by atoms with Crippen LogP contribution in [0.3, 0.4) is 0 Å². The van der Waals surface area contributed by atoms with E-state index < -0.39 is 0 Å². The minimum atomic E-state index is -0.0568. The van der Waals surface area contributed by atoms with Gasteiger partial charge in [0.15, 0.2) is 5.13 Å². The van der Waals surface area contributed by atoms with Crippen molar-refractivity contribution in [3.8, 4) is 11.3 Å². The van der Waals surface area contributed by atoms with Crippen LogP contribution in [0.4, 0.5) is 5.13 Å². The van der Waals surface area contributed by atoms with Crippen LogP contribution in [-0.4, -0.2) is 16.7 Å². The number of ketones is 1. The Balaban J connectivity index is 1.43. The second-order valence-corrected chi connectivity index (χ2v) is 9.03. The van der Waals surface area contributed by atoms with Crippen molar-refractivity contribution < 1.29 is 9.59 Å². The van der Waals surface area contributed by atoms with E-state index in [2.05, 4.69) is 32.9 Å². The number of hydrogen-bond donors (Lipinski definition) is 1. The highest BCUT2D eigenvalue weighted by atomic mass is 127. The molecule has 2 saturated carbocycles. The van der Waals surface area contributed by atoms with E-state index in [1.807, 2.05) is 29.6 Å². The number of nitrogens with one attached hydrogen (secondary N) is 1. The van der Waals surface area contributed by atoms with Gasteiger partial charge in [-0.25, -0.2) is 4.98 Å². The maximum atomic E-state index is 12.6. The molecule has 2 fully saturated rings. The van der Waals surface area contributed by atoms with Gasteiger partial charge in [0.1, 0.15) is 5.78 Å². The molecule has 0 spiro atoms. The fourth-order valence-corrected chi connectivity index (χ4v) is 5.07. The molecular weight excluding hydrogens is 447 g/mol. The lowest BCUT2D eigenvalue weighted by Crippen LogP contribution is -2.40. The largest absolute Gasteiger partial charge is 0.302 e. The van der Waals surface area contributed by atoms with E-state index in [4.69, 9.17) is 0 Å². The molecule has 1 aromatic carbocycles. The molecule has 0 saturated heterocycles. The Morgan fingerprint density at radius 1 is 1.16 bits per heavy atom. The standard InChI is InChI=1S/C19H19IN2O2S/c20-15-6-4-11(5-7-15)16-10-25-19(21-16)22-18(24)14-8-12-2-1-3-13(9-14)17(12)23/h4-7,10,12-14H,1-3,8-9H2,(H,21,22,24). The summed E-state index contributed by atoms with van der Waals surface area (Å²) in [5.74, 6) is 0.556. The van der Waals surface area contributed by atoms with Crippen molar-refractivity contribution >= 4 is 50.7 Å². The average Bonchev–Trinajstić information content (AvgIpc) is 3.03. The predicted octanol–water partition coefficient (Wildman–Crippen LogP) is 4.75. The Labute approximate surface area is 164 Å². The number of halogens is 1. The molecule has 0 radical (unpaired) electrons. The first-order valence-corrected chi connectivity index (χ1v) is 10.6. The van der Waals surface area contributed by atoms with Crippen molar-refractivity contribution in [2.24, 2.45) is 17.8 Å². The van der Waals surface area contributed by atoms with Crippen LogP contribution in [0, 0.1) is 21.3 Å². The van der Waals surface area contributed by atoms with Gasteiger partial charge in [0.2, 0.25) is 5.91 Å². The lowest BCUT2D eigenvalue weighted by atomic mass is 9.67. The first-order valence-electron chi connectivity index (χ1n) is 8.66. The van der Waals surface area contributed by atoms with Gasteiger partial charge in [-0.05, 0) is 60.4 Å². The summed E-state index contributed by atoms with van der Waals surface area (Å²) in [6.45, 7) is 0. The third-order valence-corrected chi connectivity index (χ3v) is 6.77. The van der Waals surface area contributed by atoms with Crippen LogP contribution in [0.1, 0.15) is 32.1 Å². The number of benzene rings is 1. The van der Waals surface area contributed by atoms with E-state index in [1.165, 1.54) is 14.9 Å². The number of carbonyl (C=O) groups is 2. The van der Waals surface area contributed by atoms with Gasteiger partial charge in [-0.2, -0.15) is 0 Å². The number of rotatable bonds is 3. The summed E-state index contributed by atoms with van der Waals surface area (Å²) >= 11 is 3.73. The number of amides is 1. The molecule has 2 aliphatic carbocycles. The van der Waals surface area contributed by atoms with E-state index in [0.717, 1.165) is 30.5 Å². The molecule has 2 atom stereocenters. The Hall–Kier alpha value is -1.28. The molecule has 4 rings (SSSR count). The molecule has 4 nitrogen and oxygen atoms in total. The van der Waals surface area contributed by atoms with Crippen LogP contribution >= 0.6 is 33.9 Å². The monoisotopic (exact) mass is 466 g/mol. The second kappa shape index (κ2) is 7.15. The van der Waals surface area contributed by atoms with Gasteiger partial charge in [0.05, 0.1) is 5.69 Å². The summed E-state index contributed by atoms with van der Waals surface area (Å²) in [6, 6.07) is 8.17. The minimum absolute atomic E-state index is 0.0212. The molecule has 1 N–H and O–H groups in total. The van der Waals surface area contributed by atoms with E-state index in [-0.39, 0.29) is 23.7 Å². The predicted molar refractivity (Wildman–Crippen MR) is 107 cm³/mol. The SMILES string of the molecule is O=C(Nc1nc(-c2ccc(I)cc2)cs1)C1CC2CCCC(C1)C2=O. The van der Waals surface area contributed by atoms with E-state index >= 15 is 0 Å². The number of carbonyl (C=O) groups excluding carboxylic acids is 2. The second-order valence-electron chi connectivity index (χ2n) is 6.93. The Morgan fingerprint density at radius 2 is 1.84 bits per heavy atom. The normalized spacial score (nSPS) is 25.6. The first-order chi connectivity index (χ1) is 12.1. The number of thiazole rings is 1. The molecule has 0 aliphatic heterocycles. The highest BCUT2D eigenvalue weighted by molar-refractivity contribution is 14.1. The van der Waals surface area contributed by atoms with E-state index in [9.17, 15) is 9.59 Å². The van der Waals surface area contributed by atoms with Gasteiger partial charge in [-0.3, -0.25) is 9.59 Å². The van der Waals surface area contributed by atoms with E-state index in [1.54, 1.807) is 0 Å². The first kappa shape index (κ1) is 17.1. The summed E-state index contributed by atoms with van der Waals surface area (Å²) in [7, 11) is 0. The number of Topliss-reactive ketones (excluding diaryl/α,β-unsaturated/α-hetero) is 1. The van der Waals surface area contributed by atoms with Gasteiger partial charge in [0, 0.05) is 32.3 Å². The third kappa shape index (κ3) is 3.65. The highest BCUT2D eigenvalue weighted by Crippen LogP contribution is 2.40. The third-order valence-electron chi connectivity index (χ3n) is 5.29. The summed E-state index contributed by atoms with van der Waals surface area (Å²) in [5, 5.41) is 5.58. The summed E-state index contributed by atoms with van der Waals surface area (Å²) in [6.07, 6.45) is 4.44. The molecule has 1 amide bonds. The molecule has 6 heteroatoms. The molecule has 2 aromatic rings. The molecule has 2 bridgehead atoms. The van der Waals surface area contributed by atoms with Gasteiger partial charge in [-0.1, -0.05) is 18.6 Å². The number of hydrogen-bond acceptors (Lipinski definition) is 4. The van der Waals surface area contributed by atoms with Crippen molar-refractivity contribution in [3.63, 3.8) is 0 Å². The smallest absolute Gasteiger partial charge is 0.229 e. The fourth-order valence-electron chi connectivity index (χ4n) is 3.99. The van der Waals surface area contributed by atoms with Crippen LogP contribution in [0.5, 0.6) is 0 Å². The molecular formula is C19H19IN2O2S. The number of nitrogens with zero attached hydrogens (tertiary/aromatic N) is 1. The van der Waals surface area contributed by atoms with Crippen molar-refractivity contribution in [1.29, 1.82) is 0 Å². The van der Waals surface area contributed by atoms with Crippen LogP contribution in [-0.2, 0) is 9.59 Å². The van der Waals surface area contributed by atoms with Crippen LogP contribution in [0.2, 0.25) is 0 Å². The highest BCUT2D eigenvalue weighted by Gasteiger charge is 2.41. The minimum Gasteiger partial charge on any atom is -0.302 e. The summed E-state index contributed by atoms with van der Waals surface area (Å²) in [5.41, 5.74) is 1.93. The lowest BCUT2D eigenvalue weighted by Gasteiger charge is -2.36. The molecule has 130 valence electrons. The van der Waals surface area contributed by atoms with Crippen molar-refractivity contribution in [3.05, 3.63) is 33.2 Å². The number of anilines is 1. The van der Waals surface area contributed by atoms with Crippen molar-refractivity contribution in [1.82, 2.24) is 4.98 Å².